The third-order valence-corrected chi connectivity index (χ3v) is 5.55. The number of aromatic nitrogens is 2. The van der Waals surface area contributed by atoms with Crippen molar-refractivity contribution in [2.24, 2.45) is 17.8 Å². The van der Waals surface area contributed by atoms with E-state index in [0.717, 1.165) is 11.1 Å². The van der Waals surface area contributed by atoms with Crippen molar-refractivity contribution in [1.29, 1.82) is 0 Å². The van der Waals surface area contributed by atoms with Crippen LogP contribution in [0.25, 0.3) is 5.52 Å². The number of amides is 2. The minimum Gasteiger partial charge on any atom is -0.354 e. The van der Waals surface area contributed by atoms with Crippen LogP contribution in [0.15, 0.2) is 30.6 Å². The minimum atomic E-state index is -0.0481. The number of hydrogen-bond acceptors (Lipinski definition) is 3. The normalized spacial score (nSPS) is 21.8. The number of fused-ring (bicyclic) bond motifs is 1. The summed E-state index contributed by atoms with van der Waals surface area (Å²) in [5.41, 5.74) is 1.85. The molecule has 6 heteroatoms. The van der Waals surface area contributed by atoms with Crippen LogP contribution in [0.1, 0.15) is 33.3 Å². The Bertz CT molecular complexity index is 790. The van der Waals surface area contributed by atoms with E-state index >= 15 is 0 Å². The molecule has 1 N–H and O–H groups in total. The molecule has 2 heterocycles. The van der Waals surface area contributed by atoms with Gasteiger partial charge in [-0.2, -0.15) is 5.10 Å². The lowest BCUT2D eigenvalue weighted by molar-refractivity contribution is -0.135. The van der Waals surface area contributed by atoms with Gasteiger partial charge in [0.05, 0.1) is 18.1 Å². The second-order valence-electron chi connectivity index (χ2n) is 7.60. The molecule has 2 amide bonds. The Morgan fingerprint density at radius 2 is 2.00 bits per heavy atom. The minimum absolute atomic E-state index is 0.0481. The molecule has 0 saturated heterocycles. The second-order valence-corrected chi connectivity index (χ2v) is 7.60. The Kier molecular flexibility index (Phi) is 5.30. The van der Waals surface area contributed by atoms with Crippen molar-refractivity contribution in [3.05, 3.63) is 36.2 Å². The summed E-state index contributed by atoms with van der Waals surface area (Å²) < 4.78 is 1.76. The molecule has 0 unspecified atom stereocenters. The van der Waals surface area contributed by atoms with E-state index in [4.69, 9.17) is 0 Å². The molecule has 26 heavy (non-hydrogen) atoms. The van der Waals surface area contributed by atoms with E-state index in [9.17, 15) is 9.59 Å². The Hall–Kier alpha value is -2.37. The Balaban J connectivity index is 1.51. The van der Waals surface area contributed by atoms with Crippen molar-refractivity contribution in [2.75, 3.05) is 13.1 Å². The third kappa shape index (κ3) is 3.74. The zero-order valence-electron chi connectivity index (χ0n) is 16.0. The number of rotatable bonds is 7. The highest BCUT2D eigenvalue weighted by atomic mass is 16.2. The number of nitrogens with zero attached hydrogens (tertiary/aromatic N) is 3. The van der Waals surface area contributed by atoms with Crippen LogP contribution in [-0.4, -0.2) is 45.5 Å². The summed E-state index contributed by atoms with van der Waals surface area (Å²) >= 11 is 0. The maximum Gasteiger partial charge on any atom is 0.226 e. The first kappa shape index (κ1) is 18.4. The smallest absolute Gasteiger partial charge is 0.226 e. The van der Waals surface area contributed by atoms with Crippen LogP contribution in [0, 0.1) is 17.8 Å². The highest BCUT2D eigenvalue weighted by Gasteiger charge is 2.49. The maximum absolute atomic E-state index is 12.6. The summed E-state index contributed by atoms with van der Waals surface area (Å²) in [6.45, 7) is 9.32. The molecule has 2 atom stereocenters. The van der Waals surface area contributed by atoms with Crippen LogP contribution < -0.4 is 5.32 Å². The van der Waals surface area contributed by atoms with Crippen molar-refractivity contribution >= 4 is 17.3 Å². The van der Waals surface area contributed by atoms with Crippen LogP contribution in [0.4, 0.5) is 0 Å². The fourth-order valence-corrected chi connectivity index (χ4v) is 3.60. The van der Waals surface area contributed by atoms with Crippen LogP contribution in [0.3, 0.4) is 0 Å². The molecule has 1 aliphatic rings. The van der Waals surface area contributed by atoms with Gasteiger partial charge in [-0.3, -0.25) is 9.59 Å². The predicted molar refractivity (Wildman–Crippen MR) is 101 cm³/mol. The largest absolute Gasteiger partial charge is 0.354 e. The van der Waals surface area contributed by atoms with E-state index in [1.807, 2.05) is 43.1 Å². The number of carbonyl (C=O) groups is 2. The van der Waals surface area contributed by atoms with Gasteiger partial charge in [0.2, 0.25) is 11.8 Å². The molecule has 1 fully saturated rings. The van der Waals surface area contributed by atoms with Gasteiger partial charge in [0.15, 0.2) is 0 Å². The summed E-state index contributed by atoms with van der Waals surface area (Å²) in [4.78, 5) is 26.8. The van der Waals surface area contributed by atoms with Crippen LogP contribution >= 0.6 is 0 Å². The fourth-order valence-electron chi connectivity index (χ4n) is 3.60. The average Bonchev–Trinajstić information content (AvgIpc) is 3.02. The molecule has 1 aliphatic carbocycles. The monoisotopic (exact) mass is 356 g/mol. The van der Waals surface area contributed by atoms with Gasteiger partial charge in [-0.25, -0.2) is 4.52 Å². The SMILES string of the molecule is CC(C)N(CCNC(=O)Cc1cnn2ccccc12)C(=O)C1[C@@H](C)[C@@H]1C. The summed E-state index contributed by atoms with van der Waals surface area (Å²) in [6, 6.07) is 5.93. The number of carbonyl (C=O) groups excluding carboxylic acids is 2. The first-order chi connectivity index (χ1) is 12.4. The van der Waals surface area contributed by atoms with E-state index in [1.165, 1.54) is 0 Å². The molecule has 0 bridgehead atoms. The molecule has 1 saturated carbocycles. The van der Waals surface area contributed by atoms with Crippen molar-refractivity contribution in [1.82, 2.24) is 19.8 Å². The molecule has 0 aliphatic heterocycles. The van der Waals surface area contributed by atoms with Gasteiger partial charge >= 0.3 is 0 Å². The van der Waals surface area contributed by atoms with Gasteiger partial charge in [-0.15, -0.1) is 0 Å². The van der Waals surface area contributed by atoms with Crippen LogP contribution in [0.5, 0.6) is 0 Å². The van der Waals surface area contributed by atoms with Crippen molar-refractivity contribution in [3.63, 3.8) is 0 Å². The van der Waals surface area contributed by atoms with Gasteiger partial charge in [-0.05, 0) is 37.8 Å². The van der Waals surface area contributed by atoms with Gasteiger partial charge in [0.25, 0.3) is 0 Å². The van der Waals surface area contributed by atoms with Gasteiger partial charge < -0.3 is 10.2 Å². The maximum atomic E-state index is 12.6. The Morgan fingerprint density at radius 3 is 2.65 bits per heavy atom. The van der Waals surface area contributed by atoms with Gasteiger partial charge in [0, 0.05) is 36.8 Å². The molecular formula is C20H28N4O2. The lowest BCUT2D eigenvalue weighted by Gasteiger charge is -2.27. The van der Waals surface area contributed by atoms with Crippen LogP contribution in [0.2, 0.25) is 0 Å². The van der Waals surface area contributed by atoms with Gasteiger partial charge in [0.1, 0.15) is 0 Å². The van der Waals surface area contributed by atoms with E-state index in [2.05, 4.69) is 24.3 Å². The molecule has 140 valence electrons. The highest BCUT2D eigenvalue weighted by Crippen LogP contribution is 2.46. The van der Waals surface area contributed by atoms with Gasteiger partial charge in [-0.1, -0.05) is 19.9 Å². The second kappa shape index (κ2) is 7.48. The standard InChI is InChI=1S/C20H28N4O2/c1-13(2)23(20(26)19-14(3)15(19)4)10-8-21-18(25)11-16-12-22-24-9-6-5-7-17(16)24/h5-7,9,12-15,19H,8,10-11H2,1-4H3,(H,21,25)/t14-,15-/m0/s1. The predicted octanol–water partition coefficient (Wildman–Crippen LogP) is 2.13. The fraction of sp³-hybridized carbons (Fsp3) is 0.550. The lowest BCUT2D eigenvalue weighted by Crippen LogP contribution is -2.43. The summed E-state index contributed by atoms with van der Waals surface area (Å²) in [5.74, 6) is 1.25. The molecule has 3 rings (SSSR count). The van der Waals surface area contributed by atoms with E-state index < -0.39 is 0 Å². The first-order valence-corrected chi connectivity index (χ1v) is 9.38. The van der Waals surface area contributed by atoms with Crippen molar-refractivity contribution in [2.45, 2.75) is 40.2 Å². The topological polar surface area (TPSA) is 66.7 Å². The van der Waals surface area contributed by atoms with Crippen LogP contribution in [-0.2, 0) is 16.0 Å². The highest BCUT2D eigenvalue weighted by molar-refractivity contribution is 5.83. The Labute approximate surface area is 154 Å². The van der Waals surface area contributed by atoms with Crippen molar-refractivity contribution < 1.29 is 9.59 Å². The van der Waals surface area contributed by atoms with E-state index in [-0.39, 0.29) is 23.8 Å². The zero-order chi connectivity index (χ0) is 18.8. The number of hydrogen-bond donors (Lipinski definition) is 1. The number of nitrogens with one attached hydrogen (secondary N) is 1. The quantitative estimate of drug-likeness (QED) is 0.826. The molecule has 0 spiro atoms. The molecular weight excluding hydrogens is 328 g/mol. The van der Waals surface area contributed by atoms with E-state index in [0.29, 0.717) is 31.3 Å². The third-order valence-electron chi connectivity index (χ3n) is 5.55. The summed E-state index contributed by atoms with van der Waals surface area (Å²) in [6.07, 6.45) is 3.89. The lowest BCUT2D eigenvalue weighted by atomic mass is 10.2. The number of pyridine rings is 1. The molecule has 0 aromatic carbocycles. The average molecular weight is 356 g/mol. The summed E-state index contributed by atoms with van der Waals surface area (Å²) in [7, 11) is 0. The first-order valence-electron chi connectivity index (χ1n) is 9.38. The van der Waals surface area contributed by atoms with Crippen molar-refractivity contribution in [3.8, 4) is 0 Å². The van der Waals surface area contributed by atoms with E-state index in [1.54, 1.807) is 10.7 Å². The molecule has 0 radical (unpaired) electrons. The zero-order valence-corrected chi connectivity index (χ0v) is 16.0. The summed E-state index contributed by atoms with van der Waals surface area (Å²) in [5, 5.41) is 7.19. The Morgan fingerprint density at radius 1 is 1.27 bits per heavy atom. The molecule has 2 aromatic heterocycles. The molecule has 6 nitrogen and oxygen atoms in total. The molecule has 2 aromatic rings.